The Labute approximate surface area is 123 Å². The molecule has 0 atom stereocenters. The summed E-state index contributed by atoms with van der Waals surface area (Å²) in [5, 5.41) is 11.7. The zero-order chi connectivity index (χ0) is 14.8. The van der Waals surface area contributed by atoms with Crippen LogP contribution in [0.1, 0.15) is 29.3 Å². The van der Waals surface area contributed by atoms with Gasteiger partial charge >= 0.3 is 0 Å². The van der Waals surface area contributed by atoms with Gasteiger partial charge < -0.3 is 0 Å². The van der Waals surface area contributed by atoms with Crippen molar-refractivity contribution >= 4 is 28.5 Å². The molecule has 1 aliphatic rings. The molecule has 1 saturated carbocycles. The fourth-order valence-electron chi connectivity index (χ4n) is 1.76. The molecular formula is C14H11F2N3OS. The molecule has 0 aliphatic heterocycles. The maximum absolute atomic E-state index is 13.4. The monoisotopic (exact) mass is 307 g/mol. The number of nitrogens with one attached hydrogen (secondary N) is 1. The zero-order valence-corrected chi connectivity index (χ0v) is 11.7. The summed E-state index contributed by atoms with van der Waals surface area (Å²) in [7, 11) is 0. The minimum Gasteiger partial charge on any atom is -0.297 e. The Hall–Kier alpha value is -2.15. The Kier molecular flexibility index (Phi) is 3.74. The minimum absolute atomic E-state index is 0.247. The van der Waals surface area contributed by atoms with Crippen LogP contribution in [0.5, 0.6) is 0 Å². The lowest BCUT2D eigenvalue weighted by atomic mass is 10.2. The van der Waals surface area contributed by atoms with Crippen LogP contribution in [0.25, 0.3) is 6.08 Å². The molecule has 108 valence electrons. The van der Waals surface area contributed by atoms with Crippen molar-refractivity contribution in [1.29, 1.82) is 0 Å². The van der Waals surface area contributed by atoms with E-state index in [2.05, 4.69) is 15.5 Å². The van der Waals surface area contributed by atoms with Gasteiger partial charge in [-0.3, -0.25) is 10.1 Å². The van der Waals surface area contributed by atoms with Gasteiger partial charge in [-0.2, -0.15) is 0 Å². The molecule has 1 aromatic heterocycles. The lowest BCUT2D eigenvalue weighted by Crippen LogP contribution is -2.07. The van der Waals surface area contributed by atoms with E-state index in [9.17, 15) is 13.6 Å². The summed E-state index contributed by atoms with van der Waals surface area (Å²) in [6, 6.07) is 3.53. The van der Waals surface area contributed by atoms with E-state index < -0.39 is 17.5 Å². The number of hydrogen-bond acceptors (Lipinski definition) is 4. The quantitative estimate of drug-likeness (QED) is 0.881. The van der Waals surface area contributed by atoms with Crippen molar-refractivity contribution in [1.82, 2.24) is 10.2 Å². The fraction of sp³-hybridized carbons (Fsp3) is 0.214. The van der Waals surface area contributed by atoms with Gasteiger partial charge in [0.15, 0.2) is 0 Å². The molecule has 0 saturated heterocycles. The summed E-state index contributed by atoms with van der Waals surface area (Å²) in [4.78, 5) is 11.7. The number of carbonyl (C=O) groups excluding carboxylic acids is 1. The molecule has 0 bridgehead atoms. The summed E-state index contributed by atoms with van der Waals surface area (Å²) < 4.78 is 26.8. The Morgan fingerprint density at radius 2 is 2.00 bits per heavy atom. The Balaban J connectivity index is 1.66. The third-order valence-corrected chi connectivity index (χ3v) is 4.00. The van der Waals surface area contributed by atoms with Gasteiger partial charge in [-0.25, -0.2) is 8.78 Å². The number of halogens is 2. The summed E-state index contributed by atoms with van der Waals surface area (Å²) >= 11 is 1.32. The first-order valence-electron chi connectivity index (χ1n) is 6.40. The number of benzene rings is 1. The topological polar surface area (TPSA) is 54.9 Å². The van der Waals surface area contributed by atoms with Crippen molar-refractivity contribution in [2.45, 2.75) is 18.8 Å². The van der Waals surface area contributed by atoms with Crippen LogP contribution < -0.4 is 5.32 Å². The van der Waals surface area contributed by atoms with Crippen molar-refractivity contribution in [3.8, 4) is 0 Å². The molecule has 1 aromatic carbocycles. The highest BCUT2D eigenvalue weighted by Crippen LogP contribution is 2.42. The van der Waals surface area contributed by atoms with E-state index in [1.807, 2.05) is 0 Å². The molecular weight excluding hydrogens is 296 g/mol. The van der Waals surface area contributed by atoms with Gasteiger partial charge in [-0.15, -0.1) is 10.2 Å². The van der Waals surface area contributed by atoms with Crippen LogP contribution in [-0.4, -0.2) is 16.1 Å². The maximum atomic E-state index is 13.4. The third kappa shape index (κ3) is 3.30. The standard InChI is InChI=1S/C14H11F2N3OS/c15-10-2-1-3-11(16)9(10)6-7-12(20)17-14-19-18-13(21-14)8-4-5-8/h1-3,6-8H,4-5H2,(H,17,19,20)/b7-6+. The molecule has 1 N–H and O–H groups in total. The van der Waals surface area contributed by atoms with E-state index in [4.69, 9.17) is 0 Å². The van der Waals surface area contributed by atoms with Crippen molar-refractivity contribution in [2.24, 2.45) is 0 Å². The normalized spacial score (nSPS) is 14.6. The number of carbonyl (C=O) groups is 1. The SMILES string of the molecule is O=C(/C=C/c1c(F)cccc1F)Nc1nnc(C2CC2)s1. The number of nitrogens with zero attached hydrogens (tertiary/aromatic N) is 2. The van der Waals surface area contributed by atoms with Crippen LogP contribution in [0, 0.1) is 11.6 Å². The summed E-state index contributed by atoms with van der Waals surface area (Å²) in [5.41, 5.74) is -0.247. The van der Waals surface area contributed by atoms with Crippen molar-refractivity contribution < 1.29 is 13.6 Å². The third-order valence-electron chi connectivity index (χ3n) is 3.00. The van der Waals surface area contributed by atoms with Crippen molar-refractivity contribution in [3.63, 3.8) is 0 Å². The van der Waals surface area contributed by atoms with Gasteiger partial charge in [-0.05, 0) is 31.1 Å². The molecule has 21 heavy (non-hydrogen) atoms. The van der Waals surface area contributed by atoms with Gasteiger partial charge in [0.05, 0.1) is 0 Å². The highest BCUT2D eigenvalue weighted by atomic mass is 32.1. The van der Waals surface area contributed by atoms with E-state index in [0.29, 0.717) is 11.0 Å². The average Bonchev–Trinajstić information content (AvgIpc) is 3.19. The van der Waals surface area contributed by atoms with E-state index in [1.165, 1.54) is 17.4 Å². The van der Waals surface area contributed by atoms with Gasteiger partial charge in [0.1, 0.15) is 16.6 Å². The fourth-order valence-corrected chi connectivity index (χ4v) is 2.67. The predicted octanol–water partition coefficient (Wildman–Crippen LogP) is 3.35. The molecule has 1 aliphatic carbocycles. The van der Waals surface area contributed by atoms with Gasteiger partial charge in [0.2, 0.25) is 11.0 Å². The second-order valence-corrected chi connectivity index (χ2v) is 5.69. The first kappa shape index (κ1) is 13.8. The first-order chi connectivity index (χ1) is 10.1. The highest BCUT2D eigenvalue weighted by Gasteiger charge is 2.27. The summed E-state index contributed by atoms with van der Waals surface area (Å²) in [5.74, 6) is -1.47. The first-order valence-corrected chi connectivity index (χ1v) is 7.21. The Morgan fingerprint density at radius 3 is 2.67 bits per heavy atom. The van der Waals surface area contributed by atoms with E-state index in [1.54, 1.807) is 0 Å². The molecule has 3 rings (SSSR count). The van der Waals surface area contributed by atoms with Gasteiger partial charge in [0.25, 0.3) is 0 Å². The Bertz CT molecular complexity index is 690. The lowest BCUT2D eigenvalue weighted by molar-refractivity contribution is -0.111. The van der Waals surface area contributed by atoms with Gasteiger partial charge in [0, 0.05) is 17.6 Å². The molecule has 0 radical (unpaired) electrons. The molecule has 1 heterocycles. The highest BCUT2D eigenvalue weighted by molar-refractivity contribution is 7.15. The minimum atomic E-state index is -0.717. The van der Waals surface area contributed by atoms with Crippen LogP contribution in [0.3, 0.4) is 0 Å². The van der Waals surface area contributed by atoms with Gasteiger partial charge in [-0.1, -0.05) is 17.4 Å². The Morgan fingerprint density at radius 1 is 1.29 bits per heavy atom. The largest absolute Gasteiger partial charge is 0.297 e. The molecule has 1 amide bonds. The van der Waals surface area contributed by atoms with E-state index in [-0.39, 0.29) is 5.56 Å². The number of rotatable bonds is 4. The van der Waals surface area contributed by atoms with E-state index >= 15 is 0 Å². The average molecular weight is 307 g/mol. The second-order valence-electron chi connectivity index (χ2n) is 4.68. The summed E-state index contributed by atoms with van der Waals surface area (Å²) in [6.07, 6.45) is 4.38. The molecule has 2 aromatic rings. The number of hydrogen-bond donors (Lipinski definition) is 1. The molecule has 7 heteroatoms. The summed E-state index contributed by atoms with van der Waals surface area (Å²) in [6.45, 7) is 0. The second kappa shape index (κ2) is 5.69. The smallest absolute Gasteiger partial charge is 0.250 e. The van der Waals surface area contributed by atoms with Crippen LogP contribution >= 0.6 is 11.3 Å². The van der Waals surface area contributed by atoms with Crippen LogP contribution in [0.2, 0.25) is 0 Å². The number of amides is 1. The van der Waals surface area contributed by atoms with Crippen LogP contribution in [-0.2, 0) is 4.79 Å². The van der Waals surface area contributed by atoms with Crippen LogP contribution in [0.15, 0.2) is 24.3 Å². The van der Waals surface area contributed by atoms with Crippen molar-refractivity contribution in [2.75, 3.05) is 5.32 Å². The number of aromatic nitrogens is 2. The maximum Gasteiger partial charge on any atom is 0.250 e. The molecule has 0 spiro atoms. The van der Waals surface area contributed by atoms with Crippen LogP contribution in [0.4, 0.5) is 13.9 Å². The number of anilines is 1. The molecule has 0 unspecified atom stereocenters. The lowest BCUT2D eigenvalue weighted by Gasteiger charge is -1.98. The molecule has 1 fully saturated rings. The predicted molar refractivity (Wildman–Crippen MR) is 75.9 cm³/mol. The van der Waals surface area contributed by atoms with Crippen molar-refractivity contribution in [3.05, 3.63) is 46.5 Å². The molecule has 4 nitrogen and oxygen atoms in total. The van der Waals surface area contributed by atoms with E-state index in [0.717, 1.165) is 42.1 Å². The zero-order valence-electron chi connectivity index (χ0n) is 10.8.